The van der Waals surface area contributed by atoms with E-state index in [9.17, 15) is 9.59 Å². The van der Waals surface area contributed by atoms with Crippen LogP contribution in [0.25, 0.3) is 0 Å². The summed E-state index contributed by atoms with van der Waals surface area (Å²) in [5.41, 5.74) is 5.83. The summed E-state index contributed by atoms with van der Waals surface area (Å²) in [4.78, 5) is 24.3. The van der Waals surface area contributed by atoms with Crippen molar-refractivity contribution in [3.63, 3.8) is 0 Å². The molecule has 0 radical (unpaired) electrons. The fraction of sp³-hybridized carbons (Fsp3) is 0.364. The molecule has 28 heavy (non-hydrogen) atoms. The molecule has 0 saturated carbocycles. The Morgan fingerprint density at radius 2 is 1.61 bits per heavy atom. The third kappa shape index (κ3) is 6.30. The number of hydrazine groups is 1. The van der Waals surface area contributed by atoms with Crippen LogP contribution < -0.4 is 20.3 Å². The minimum atomic E-state index is -0.699. The first-order valence-corrected chi connectivity index (χ1v) is 9.57. The van der Waals surface area contributed by atoms with Crippen molar-refractivity contribution in [2.24, 2.45) is 0 Å². The van der Waals surface area contributed by atoms with Gasteiger partial charge < -0.3 is 9.47 Å². The second kappa shape index (κ2) is 11.0. The Bertz CT molecular complexity index is 764. The maximum absolute atomic E-state index is 12.2. The van der Waals surface area contributed by atoms with Crippen molar-refractivity contribution in [2.45, 2.75) is 45.6 Å². The van der Waals surface area contributed by atoms with Crippen LogP contribution in [0.1, 0.15) is 45.1 Å². The molecule has 0 heterocycles. The first-order valence-electron chi connectivity index (χ1n) is 9.57. The fourth-order valence-electron chi connectivity index (χ4n) is 2.62. The van der Waals surface area contributed by atoms with Gasteiger partial charge in [-0.05, 0) is 42.5 Å². The quantitative estimate of drug-likeness (QED) is 0.648. The van der Waals surface area contributed by atoms with E-state index in [1.807, 2.05) is 49.4 Å². The van der Waals surface area contributed by atoms with E-state index in [2.05, 4.69) is 24.7 Å². The highest BCUT2D eigenvalue weighted by Crippen LogP contribution is 2.28. The van der Waals surface area contributed by atoms with Gasteiger partial charge in [-0.25, -0.2) is 0 Å². The van der Waals surface area contributed by atoms with Crippen LogP contribution >= 0.6 is 0 Å². The molecule has 2 rings (SSSR count). The van der Waals surface area contributed by atoms with Crippen LogP contribution in [0, 0.1) is 0 Å². The van der Waals surface area contributed by atoms with Gasteiger partial charge in [0.15, 0.2) is 12.7 Å². The van der Waals surface area contributed by atoms with Crippen molar-refractivity contribution >= 4 is 11.8 Å². The Morgan fingerprint density at radius 3 is 2.29 bits per heavy atom. The van der Waals surface area contributed by atoms with Crippen molar-refractivity contribution in [3.8, 4) is 11.5 Å². The number of benzene rings is 2. The largest absolute Gasteiger partial charge is 0.483 e. The molecule has 0 aromatic heterocycles. The molecule has 2 aromatic rings. The topological polar surface area (TPSA) is 76.7 Å². The molecule has 0 saturated heterocycles. The maximum atomic E-state index is 12.2. The molecule has 6 heteroatoms. The Kier molecular flexibility index (Phi) is 8.34. The predicted octanol–water partition coefficient (Wildman–Crippen LogP) is 3.58. The van der Waals surface area contributed by atoms with Gasteiger partial charge in [0, 0.05) is 0 Å². The number of rotatable bonds is 9. The zero-order valence-electron chi connectivity index (χ0n) is 16.6. The molecule has 2 unspecified atom stereocenters. The minimum Gasteiger partial charge on any atom is -0.483 e. The first kappa shape index (κ1) is 21.3. The molecule has 2 atom stereocenters. The van der Waals surface area contributed by atoms with Gasteiger partial charge in [0.2, 0.25) is 0 Å². The number of ether oxygens (including phenoxy) is 2. The smallest absolute Gasteiger partial charge is 0.279 e. The predicted molar refractivity (Wildman–Crippen MR) is 108 cm³/mol. The van der Waals surface area contributed by atoms with E-state index in [0.29, 0.717) is 23.8 Å². The number of para-hydroxylation sites is 2. The molecule has 2 amide bonds. The van der Waals surface area contributed by atoms with Crippen LogP contribution in [0.2, 0.25) is 0 Å². The Hall–Kier alpha value is -3.02. The van der Waals surface area contributed by atoms with Gasteiger partial charge in [0.1, 0.15) is 11.5 Å². The van der Waals surface area contributed by atoms with Crippen LogP contribution in [0.5, 0.6) is 11.5 Å². The van der Waals surface area contributed by atoms with Crippen LogP contribution in [-0.2, 0) is 9.59 Å². The lowest BCUT2D eigenvalue weighted by Crippen LogP contribution is -2.49. The molecule has 2 aromatic carbocycles. The van der Waals surface area contributed by atoms with Crippen LogP contribution in [-0.4, -0.2) is 24.5 Å². The third-order valence-corrected chi connectivity index (χ3v) is 4.43. The first-order chi connectivity index (χ1) is 13.5. The monoisotopic (exact) mass is 384 g/mol. The van der Waals surface area contributed by atoms with E-state index < -0.39 is 17.9 Å². The number of carbonyl (C=O) groups excluding carboxylic acids is 2. The van der Waals surface area contributed by atoms with Gasteiger partial charge in [-0.15, -0.1) is 0 Å². The molecule has 2 N–H and O–H groups in total. The van der Waals surface area contributed by atoms with Crippen molar-refractivity contribution in [2.75, 3.05) is 6.61 Å². The molecule has 0 aliphatic rings. The van der Waals surface area contributed by atoms with E-state index in [4.69, 9.17) is 9.47 Å². The van der Waals surface area contributed by atoms with Crippen molar-refractivity contribution < 1.29 is 19.1 Å². The number of amides is 2. The SMILES string of the molecule is CCC(Oc1ccccc1)C(=O)NNC(=O)COc1ccccc1C(C)CC. The fourth-order valence-corrected chi connectivity index (χ4v) is 2.62. The lowest BCUT2D eigenvalue weighted by atomic mass is 9.98. The van der Waals surface area contributed by atoms with Crippen LogP contribution in [0.3, 0.4) is 0 Å². The van der Waals surface area contributed by atoms with Crippen molar-refractivity contribution in [1.29, 1.82) is 0 Å². The van der Waals surface area contributed by atoms with Gasteiger partial charge in [-0.2, -0.15) is 0 Å². The lowest BCUT2D eigenvalue weighted by Gasteiger charge is -2.18. The van der Waals surface area contributed by atoms with E-state index in [0.717, 1.165) is 12.0 Å². The van der Waals surface area contributed by atoms with Crippen LogP contribution in [0.4, 0.5) is 0 Å². The molecule has 150 valence electrons. The summed E-state index contributed by atoms with van der Waals surface area (Å²) < 4.78 is 11.3. The number of nitrogens with one attached hydrogen (secondary N) is 2. The third-order valence-electron chi connectivity index (χ3n) is 4.43. The zero-order valence-corrected chi connectivity index (χ0v) is 16.6. The second-order valence-corrected chi connectivity index (χ2v) is 6.50. The number of hydrogen-bond donors (Lipinski definition) is 2. The lowest BCUT2D eigenvalue weighted by molar-refractivity contribution is -0.134. The summed E-state index contributed by atoms with van der Waals surface area (Å²) in [5, 5.41) is 0. The number of hydrogen-bond acceptors (Lipinski definition) is 4. The molecule has 0 bridgehead atoms. The second-order valence-electron chi connectivity index (χ2n) is 6.50. The van der Waals surface area contributed by atoms with E-state index in [1.54, 1.807) is 12.1 Å². The highest BCUT2D eigenvalue weighted by molar-refractivity contribution is 5.85. The molecule has 0 fully saturated rings. The Morgan fingerprint density at radius 1 is 0.929 bits per heavy atom. The van der Waals surface area contributed by atoms with E-state index in [-0.39, 0.29) is 6.61 Å². The average Bonchev–Trinajstić information content (AvgIpc) is 2.74. The maximum Gasteiger partial charge on any atom is 0.279 e. The summed E-state index contributed by atoms with van der Waals surface area (Å²) in [5.74, 6) is 0.749. The van der Waals surface area contributed by atoms with Crippen molar-refractivity contribution in [1.82, 2.24) is 10.9 Å². The van der Waals surface area contributed by atoms with E-state index >= 15 is 0 Å². The molecule has 0 spiro atoms. The molecule has 0 aliphatic heterocycles. The molecule has 0 aliphatic carbocycles. The summed E-state index contributed by atoms with van der Waals surface area (Å²) >= 11 is 0. The van der Waals surface area contributed by atoms with Crippen LogP contribution in [0.15, 0.2) is 54.6 Å². The summed E-state index contributed by atoms with van der Waals surface area (Å²) in [6, 6.07) is 16.7. The van der Waals surface area contributed by atoms with Gasteiger partial charge >= 0.3 is 0 Å². The highest BCUT2D eigenvalue weighted by Gasteiger charge is 2.19. The number of carbonyl (C=O) groups is 2. The highest BCUT2D eigenvalue weighted by atomic mass is 16.5. The van der Waals surface area contributed by atoms with Gasteiger partial charge in [-0.3, -0.25) is 20.4 Å². The van der Waals surface area contributed by atoms with E-state index in [1.165, 1.54) is 0 Å². The molecular weight excluding hydrogens is 356 g/mol. The molecular formula is C22H28N2O4. The Balaban J connectivity index is 1.82. The minimum absolute atomic E-state index is 0.190. The summed E-state index contributed by atoms with van der Waals surface area (Å²) in [6.45, 7) is 5.86. The summed E-state index contributed by atoms with van der Waals surface area (Å²) in [6.07, 6.45) is 0.743. The van der Waals surface area contributed by atoms with Gasteiger partial charge in [-0.1, -0.05) is 57.2 Å². The summed E-state index contributed by atoms with van der Waals surface area (Å²) in [7, 11) is 0. The zero-order chi connectivity index (χ0) is 20.4. The van der Waals surface area contributed by atoms with Gasteiger partial charge in [0.05, 0.1) is 0 Å². The Labute approximate surface area is 166 Å². The standard InChI is InChI=1S/C22H28N2O4/c1-4-16(3)18-13-9-10-14-20(18)27-15-21(25)23-24-22(26)19(5-2)28-17-11-7-6-8-12-17/h6-14,16,19H,4-5,15H2,1-3H3,(H,23,25)(H,24,26). The normalized spacial score (nSPS) is 12.5. The average molecular weight is 384 g/mol. The molecule has 6 nitrogen and oxygen atoms in total. The van der Waals surface area contributed by atoms with Crippen molar-refractivity contribution in [3.05, 3.63) is 60.2 Å². The van der Waals surface area contributed by atoms with Gasteiger partial charge in [0.25, 0.3) is 11.8 Å².